The maximum absolute atomic E-state index is 14.3. The van der Waals surface area contributed by atoms with Crippen LogP contribution >= 0.6 is 0 Å². The summed E-state index contributed by atoms with van der Waals surface area (Å²) in [6, 6.07) is -0.528. The molecule has 0 aromatic heterocycles. The summed E-state index contributed by atoms with van der Waals surface area (Å²) in [5, 5.41) is 4.87. The van der Waals surface area contributed by atoms with Gasteiger partial charge < -0.3 is 14.8 Å². The van der Waals surface area contributed by atoms with E-state index in [0.717, 1.165) is 12.8 Å². The number of amides is 3. The summed E-state index contributed by atoms with van der Waals surface area (Å²) in [7, 11) is 0. The Balaban J connectivity index is 1.62. The molecule has 6 nitrogen and oxygen atoms in total. The molecule has 124 valence electrons. The van der Waals surface area contributed by atoms with Gasteiger partial charge in [0.05, 0.1) is 18.1 Å². The normalized spacial score (nSPS) is 41.2. The van der Waals surface area contributed by atoms with Gasteiger partial charge in [-0.1, -0.05) is 13.3 Å². The number of carbonyl (C=O) groups excluding carboxylic acids is 2. The lowest BCUT2D eigenvalue weighted by atomic mass is 9.75. The highest BCUT2D eigenvalue weighted by atomic mass is 19.1. The van der Waals surface area contributed by atoms with E-state index in [1.54, 1.807) is 0 Å². The van der Waals surface area contributed by atoms with Crippen LogP contribution in [0.15, 0.2) is 0 Å². The lowest BCUT2D eigenvalue weighted by Crippen LogP contribution is -2.64. The third kappa shape index (κ3) is 3.10. The fraction of sp³-hybridized carbons (Fsp3) is 0.867. The molecule has 22 heavy (non-hydrogen) atoms. The molecule has 1 aliphatic carbocycles. The van der Waals surface area contributed by atoms with Gasteiger partial charge >= 0.3 is 6.03 Å². The molecule has 6 atom stereocenters. The Morgan fingerprint density at radius 3 is 2.91 bits per heavy atom. The number of hydrogen-bond acceptors (Lipinski definition) is 4. The molecule has 1 saturated carbocycles. The third-order valence-corrected chi connectivity index (χ3v) is 4.84. The molecule has 3 fully saturated rings. The van der Waals surface area contributed by atoms with Gasteiger partial charge in [0.1, 0.15) is 12.4 Å². The molecule has 2 aliphatic heterocycles. The van der Waals surface area contributed by atoms with Crippen molar-refractivity contribution in [2.75, 3.05) is 6.61 Å². The van der Waals surface area contributed by atoms with Crippen LogP contribution in [0.1, 0.15) is 39.0 Å². The zero-order valence-corrected chi connectivity index (χ0v) is 12.7. The molecule has 2 saturated heterocycles. The van der Waals surface area contributed by atoms with Crippen LogP contribution in [0.2, 0.25) is 0 Å². The van der Waals surface area contributed by atoms with E-state index in [1.165, 1.54) is 0 Å². The van der Waals surface area contributed by atoms with Crippen molar-refractivity contribution in [2.24, 2.45) is 11.8 Å². The predicted molar refractivity (Wildman–Crippen MR) is 75.7 cm³/mol. The van der Waals surface area contributed by atoms with Gasteiger partial charge in [0.15, 0.2) is 0 Å². The number of imide groups is 1. The first-order valence-electron chi connectivity index (χ1n) is 8.11. The van der Waals surface area contributed by atoms with E-state index in [2.05, 4.69) is 17.6 Å². The Bertz CT molecular complexity index is 447. The predicted octanol–water partition coefficient (Wildman–Crippen LogP) is 1.49. The van der Waals surface area contributed by atoms with Crippen molar-refractivity contribution in [2.45, 2.75) is 63.6 Å². The van der Waals surface area contributed by atoms with Crippen molar-refractivity contribution in [1.82, 2.24) is 10.6 Å². The third-order valence-electron chi connectivity index (χ3n) is 4.84. The van der Waals surface area contributed by atoms with Crippen LogP contribution in [0, 0.1) is 11.8 Å². The second kappa shape index (κ2) is 6.50. The highest BCUT2D eigenvalue weighted by molar-refractivity contribution is 5.98. The summed E-state index contributed by atoms with van der Waals surface area (Å²) in [5.41, 5.74) is 0. The summed E-state index contributed by atoms with van der Waals surface area (Å²) < 4.78 is 25.8. The van der Waals surface area contributed by atoms with Crippen LogP contribution in [0.5, 0.6) is 0 Å². The van der Waals surface area contributed by atoms with Gasteiger partial charge in [-0.2, -0.15) is 0 Å². The summed E-state index contributed by atoms with van der Waals surface area (Å²) >= 11 is 0. The number of nitrogens with one attached hydrogen (secondary N) is 2. The molecule has 6 unspecified atom stereocenters. The van der Waals surface area contributed by atoms with Gasteiger partial charge in [-0.15, -0.1) is 0 Å². The molecule has 0 spiro atoms. The van der Waals surface area contributed by atoms with Gasteiger partial charge in [0.2, 0.25) is 5.91 Å². The maximum Gasteiger partial charge on any atom is 0.323 e. The molecular weight excluding hydrogens is 291 g/mol. The van der Waals surface area contributed by atoms with E-state index in [1.807, 2.05) is 0 Å². The summed E-state index contributed by atoms with van der Waals surface area (Å²) in [6.07, 6.45) is 1.08. The molecule has 0 aromatic rings. The quantitative estimate of drug-likeness (QED) is 0.771. The average Bonchev–Trinajstić information content (AvgIpc) is 2.46. The first kappa shape index (κ1) is 15.7. The Morgan fingerprint density at radius 2 is 2.14 bits per heavy atom. The Kier molecular flexibility index (Phi) is 4.63. The standard InChI is InChI=1S/C15H23FN2O4/c1-2-3-4-21-12-7-11-8(6-10(12)16)5-9-13(19)17-15(20)18-14(9)22-11/h8-12,14H,2-7H2,1H3,(H2,17,18,19,20). The molecule has 0 radical (unpaired) electrons. The second-order valence-electron chi connectivity index (χ2n) is 6.41. The molecule has 3 aliphatic rings. The molecule has 2 N–H and O–H groups in total. The monoisotopic (exact) mass is 314 g/mol. The Hall–Kier alpha value is -1.21. The largest absolute Gasteiger partial charge is 0.375 e. The SMILES string of the molecule is CCCCOC1CC2OC3NC(=O)NC(=O)C3CC2CC1F. The zero-order chi connectivity index (χ0) is 15.7. The minimum Gasteiger partial charge on any atom is -0.375 e. The number of alkyl halides is 1. The van der Waals surface area contributed by atoms with Crippen LogP contribution in [0.4, 0.5) is 9.18 Å². The van der Waals surface area contributed by atoms with Crippen molar-refractivity contribution in [3.8, 4) is 0 Å². The summed E-state index contributed by atoms with van der Waals surface area (Å²) in [6.45, 7) is 2.62. The van der Waals surface area contributed by atoms with Crippen molar-refractivity contribution >= 4 is 11.9 Å². The molecule has 2 heterocycles. The minimum atomic E-state index is -1.01. The molecule has 7 heteroatoms. The highest BCUT2D eigenvalue weighted by Gasteiger charge is 2.49. The van der Waals surface area contributed by atoms with E-state index < -0.39 is 30.5 Å². The lowest BCUT2D eigenvalue weighted by Gasteiger charge is -2.47. The smallest absolute Gasteiger partial charge is 0.323 e. The molecular formula is C15H23FN2O4. The van der Waals surface area contributed by atoms with Crippen LogP contribution in [-0.4, -0.2) is 43.2 Å². The minimum absolute atomic E-state index is 0.00280. The molecule has 0 aromatic carbocycles. The lowest BCUT2D eigenvalue weighted by molar-refractivity contribution is -0.181. The van der Waals surface area contributed by atoms with E-state index in [-0.39, 0.29) is 17.9 Å². The van der Waals surface area contributed by atoms with E-state index in [0.29, 0.717) is 25.9 Å². The van der Waals surface area contributed by atoms with Gasteiger partial charge in [-0.25, -0.2) is 9.18 Å². The number of carbonyl (C=O) groups is 2. The number of rotatable bonds is 4. The first-order chi connectivity index (χ1) is 10.6. The summed E-state index contributed by atoms with van der Waals surface area (Å²) in [5.74, 6) is -0.754. The molecule has 3 amide bonds. The maximum atomic E-state index is 14.3. The van der Waals surface area contributed by atoms with Crippen LogP contribution in [0.3, 0.4) is 0 Å². The first-order valence-corrected chi connectivity index (χ1v) is 8.11. The van der Waals surface area contributed by atoms with Crippen molar-refractivity contribution in [1.29, 1.82) is 0 Å². The fourth-order valence-corrected chi connectivity index (χ4v) is 3.61. The number of urea groups is 1. The summed E-state index contributed by atoms with van der Waals surface area (Å²) in [4.78, 5) is 23.2. The van der Waals surface area contributed by atoms with Crippen molar-refractivity contribution < 1.29 is 23.5 Å². The number of halogens is 1. The number of hydrogen-bond donors (Lipinski definition) is 2. The number of unbranched alkanes of at least 4 members (excludes halogenated alkanes) is 1. The molecule has 3 rings (SSSR count). The second-order valence-corrected chi connectivity index (χ2v) is 6.41. The van der Waals surface area contributed by atoms with E-state index in [4.69, 9.17) is 9.47 Å². The fourth-order valence-electron chi connectivity index (χ4n) is 3.61. The van der Waals surface area contributed by atoms with Crippen LogP contribution < -0.4 is 10.6 Å². The van der Waals surface area contributed by atoms with E-state index >= 15 is 0 Å². The van der Waals surface area contributed by atoms with Gasteiger partial charge in [-0.05, 0) is 25.2 Å². The van der Waals surface area contributed by atoms with Crippen molar-refractivity contribution in [3.63, 3.8) is 0 Å². The average molecular weight is 314 g/mol. The Labute approximate surface area is 129 Å². The number of fused-ring (bicyclic) bond motifs is 2. The van der Waals surface area contributed by atoms with Crippen molar-refractivity contribution in [3.05, 3.63) is 0 Å². The number of ether oxygens (including phenoxy) is 2. The molecule has 0 bridgehead atoms. The van der Waals surface area contributed by atoms with Crippen LogP contribution in [0.25, 0.3) is 0 Å². The Morgan fingerprint density at radius 1 is 1.32 bits per heavy atom. The highest BCUT2D eigenvalue weighted by Crippen LogP contribution is 2.40. The zero-order valence-electron chi connectivity index (χ0n) is 12.7. The van der Waals surface area contributed by atoms with Gasteiger partial charge in [0, 0.05) is 13.0 Å². The topological polar surface area (TPSA) is 76.7 Å². The van der Waals surface area contributed by atoms with E-state index in [9.17, 15) is 14.0 Å². The van der Waals surface area contributed by atoms with Gasteiger partial charge in [0.25, 0.3) is 0 Å². The van der Waals surface area contributed by atoms with Crippen LogP contribution in [-0.2, 0) is 14.3 Å². The van der Waals surface area contributed by atoms with Gasteiger partial charge in [-0.3, -0.25) is 10.1 Å².